The number of carbonyl (C=O) groups is 1. The van der Waals surface area contributed by atoms with E-state index in [2.05, 4.69) is 10.2 Å². The average Bonchev–Trinajstić information content (AvgIpc) is 3.07. The number of methoxy groups -OCH3 is 1. The Morgan fingerprint density at radius 3 is 2.93 bits per heavy atom. The average molecular weight is 396 g/mol. The molecule has 0 aliphatic carbocycles. The molecule has 0 saturated carbocycles. The number of nitrogens with zero attached hydrogens (tertiary/aromatic N) is 4. The van der Waals surface area contributed by atoms with Crippen LogP contribution in [0.2, 0.25) is 0 Å². The predicted molar refractivity (Wildman–Crippen MR) is 96.3 cm³/mol. The van der Waals surface area contributed by atoms with Gasteiger partial charge < -0.3 is 24.0 Å². The van der Waals surface area contributed by atoms with Crippen molar-refractivity contribution < 1.29 is 23.8 Å². The van der Waals surface area contributed by atoms with Gasteiger partial charge in [0.1, 0.15) is 24.4 Å². The van der Waals surface area contributed by atoms with Gasteiger partial charge in [0.2, 0.25) is 5.91 Å². The minimum absolute atomic E-state index is 0.0835. The Morgan fingerprint density at radius 2 is 2.26 bits per heavy atom. The van der Waals surface area contributed by atoms with Crippen molar-refractivity contribution in [1.29, 1.82) is 0 Å². The first kappa shape index (κ1) is 19.4. The molecule has 0 radical (unpaired) electrons. The summed E-state index contributed by atoms with van der Waals surface area (Å²) in [6, 6.07) is 3.96. The number of β-amino-alcohol motifs (C(OH)–C–C–N with tert-alkyl or cyclic N) is 1. The van der Waals surface area contributed by atoms with E-state index in [-0.39, 0.29) is 24.0 Å². The summed E-state index contributed by atoms with van der Waals surface area (Å²) >= 11 is 1.30. The van der Waals surface area contributed by atoms with Gasteiger partial charge in [-0.3, -0.25) is 4.79 Å². The molecule has 1 aromatic carbocycles. The molecule has 8 nitrogen and oxygen atoms in total. The van der Waals surface area contributed by atoms with Crippen molar-refractivity contribution in [1.82, 2.24) is 19.7 Å². The molecule has 1 fully saturated rings. The van der Waals surface area contributed by atoms with Crippen molar-refractivity contribution in [2.75, 3.05) is 26.0 Å². The molecule has 2 heterocycles. The fraction of sp³-hybridized carbons (Fsp3) is 0.471. The largest absolute Gasteiger partial charge is 0.493 e. The maximum Gasteiger partial charge on any atom is 0.233 e. The molecule has 2 aromatic rings. The zero-order valence-electron chi connectivity index (χ0n) is 15.0. The number of carbonyl (C=O) groups excluding carboxylic acids is 1. The van der Waals surface area contributed by atoms with E-state index >= 15 is 0 Å². The maximum absolute atomic E-state index is 13.3. The number of thioether (sulfide) groups is 1. The minimum atomic E-state index is -0.850. The minimum Gasteiger partial charge on any atom is -0.493 e. The molecule has 3 rings (SSSR count). The first-order valence-corrected chi connectivity index (χ1v) is 9.39. The van der Waals surface area contributed by atoms with Gasteiger partial charge in [-0.05, 0) is 12.1 Å². The number of rotatable bonds is 6. The number of hydrogen-bond acceptors (Lipinski definition) is 7. The number of benzene rings is 1. The standard InChI is InChI=1S/C17H21FN4O4S/c1-21-10-19-20-17(21)27-9-16(24)22-6-5-13(12(23)8-22)26-14-4-3-11(18)7-15(14)25-2/h3-4,7,10,12-13,23H,5-6,8-9H2,1-2H3/t12-,13-/m1/s1. The monoisotopic (exact) mass is 396 g/mol. The van der Waals surface area contributed by atoms with Crippen molar-refractivity contribution in [2.24, 2.45) is 7.05 Å². The van der Waals surface area contributed by atoms with Crippen molar-refractivity contribution in [2.45, 2.75) is 23.8 Å². The summed E-state index contributed by atoms with van der Waals surface area (Å²) in [4.78, 5) is 14.0. The summed E-state index contributed by atoms with van der Waals surface area (Å²) in [5.74, 6) is 0.332. The van der Waals surface area contributed by atoms with Crippen LogP contribution in [0, 0.1) is 5.82 Å². The van der Waals surface area contributed by atoms with Gasteiger partial charge in [-0.1, -0.05) is 11.8 Å². The van der Waals surface area contributed by atoms with Crippen molar-refractivity contribution in [3.8, 4) is 11.5 Å². The predicted octanol–water partition coefficient (Wildman–Crippen LogP) is 1.10. The molecule has 1 aliphatic heterocycles. The second-order valence-corrected chi connectivity index (χ2v) is 7.10. The molecule has 1 aliphatic rings. The fourth-order valence-electron chi connectivity index (χ4n) is 2.80. The number of ether oxygens (including phenoxy) is 2. The summed E-state index contributed by atoms with van der Waals surface area (Å²) in [7, 11) is 3.23. The smallest absolute Gasteiger partial charge is 0.233 e. The van der Waals surface area contributed by atoms with Gasteiger partial charge in [0.15, 0.2) is 16.7 Å². The topological polar surface area (TPSA) is 89.7 Å². The molecule has 27 heavy (non-hydrogen) atoms. The zero-order chi connectivity index (χ0) is 19.4. The number of amides is 1. The molecule has 1 aromatic heterocycles. The number of aliphatic hydroxyl groups is 1. The van der Waals surface area contributed by atoms with Crippen molar-refractivity contribution in [3.05, 3.63) is 30.3 Å². The van der Waals surface area contributed by atoms with Gasteiger partial charge in [0.05, 0.1) is 19.4 Å². The van der Waals surface area contributed by atoms with E-state index in [9.17, 15) is 14.3 Å². The van der Waals surface area contributed by atoms with Crippen LogP contribution in [-0.4, -0.2) is 68.8 Å². The van der Waals surface area contributed by atoms with Crippen molar-refractivity contribution >= 4 is 17.7 Å². The normalized spacial score (nSPS) is 19.8. The second kappa shape index (κ2) is 8.57. The molecule has 1 saturated heterocycles. The third-order valence-electron chi connectivity index (χ3n) is 4.27. The molecule has 146 valence electrons. The summed E-state index contributed by atoms with van der Waals surface area (Å²) in [6.07, 6.45) is 0.683. The first-order chi connectivity index (χ1) is 13.0. The van der Waals surface area contributed by atoms with Crippen LogP contribution in [0.15, 0.2) is 29.7 Å². The highest BCUT2D eigenvalue weighted by molar-refractivity contribution is 7.99. The van der Waals surface area contributed by atoms with Crippen LogP contribution in [0.5, 0.6) is 11.5 Å². The van der Waals surface area contributed by atoms with E-state index in [1.165, 1.54) is 37.1 Å². The van der Waals surface area contributed by atoms with Crippen LogP contribution >= 0.6 is 11.8 Å². The van der Waals surface area contributed by atoms with Crippen LogP contribution in [0.4, 0.5) is 4.39 Å². The molecule has 0 spiro atoms. The van der Waals surface area contributed by atoms with E-state index in [0.717, 1.165) is 0 Å². The molecular formula is C17H21FN4O4S. The van der Waals surface area contributed by atoms with E-state index < -0.39 is 18.0 Å². The maximum atomic E-state index is 13.3. The van der Waals surface area contributed by atoms with E-state index in [0.29, 0.717) is 23.9 Å². The molecule has 0 bridgehead atoms. The summed E-state index contributed by atoms with van der Waals surface area (Å²) in [5, 5.41) is 18.8. The highest BCUT2D eigenvalue weighted by Gasteiger charge is 2.32. The van der Waals surface area contributed by atoms with Crippen LogP contribution in [0.3, 0.4) is 0 Å². The Hall–Kier alpha value is -2.33. The summed E-state index contributed by atoms with van der Waals surface area (Å²) in [6.45, 7) is 0.635. The summed E-state index contributed by atoms with van der Waals surface area (Å²) < 4.78 is 25.9. The van der Waals surface area contributed by atoms with Crippen LogP contribution in [0.1, 0.15) is 6.42 Å². The summed E-state index contributed by atoms with van der Waals surface area (Å²) in [5.41, 5.74) is 0. The van der Waals surface area contributed by atoms with Gasteiger partial charge in [0.25, 0.3) is 0 Å². The Balaban J connectivity index is 1.54. The van der Waals surface area contributed by atoms with Crippen molar-refractivity contribution in [3.63, 3.8) is 0 Å². The van der Waals surface area contributed by atoms with Gasteiger partial charge in [0, 0.05) is 26.1 Å². The quantitative estimate of drug-likeness (QED) is 0.731. The van der Waals surface area contributed by atoms with Crippen LogP contribution in [0.25, 0.3) is 0 Å². The first-order valence-electron chi connectivity index (χ1n) is 8.40. The number of halogens is 1. The number of piperidine rings is 1. The highest BCUT2D eigenvalue weighted by atomic mass is 32.2. The lowest BCUT2D eigenvalue weighted by Crippen LogP contribution is -2.51. The van der Waals surface area contributed by atoms with Crippen LogP contribution in [-0.2, 0) is 11.8 Å². The third-order valence-corrected chi connectivity index (χ3v) is 5.29. The SMILES string of the molecule is COc1cc(F)ccc1O[C@@H]1CCN(C(=O)CSc2nncn2C)C[C@H]1O. The fourth-order valence-corrected chi connectivity index (χ4v) is 3.59. The molecular weight excluding hydrogens is 375 g/mol. The number of aliphatic hydroxyl groups excluding tert-OH is 1. The molecule has 0 unspecified atom stereocenters. The molecule has 1 N–H and O–H groups in total. The Labute approximate surface area is 160 Å². The number of hydrogen-bond donors (Lipinski definition) is 1. The van der Waals surface area contributed by atoms with E-state index in [1.807, 2.05) is 7.05 Å². The lowest BCUT2D eigenvalue weighted by molar-refractivity contribution is -0.134. The highest BCUT2D eigenvalue weighted by Crippen LogP contribution is 2.30. The Kier molecular flexibility index (Phi) is 6.17. The Bertz CT molecular complexity index is 803. The molecule has 2 atom stereocenters. The number of aryl methyl sites for hydroxylation is 1. The van der Waals surface area contributed by atoms with Crippen LogP contribution < -0.4 is 9.47 Å². The van der Waals surface area contributed by atoms with Gasteiger partial charge in [-0.2, -0.15) is 0 Å². The number of aromatic nitrogens is 3. The molecule has 10 heteroatoms. The lowest BCUT2D eigenvalue weighted by Gasteiger charge is -2.36. The van der Waals surface area contributed by atoms with Gasteiger partial charge in [-0.15, -0.1) is 10.2 Å². The third kappa shape index (κ3) is 4.69. The van der Waals surface area contributed by atoms with Gasteiger partial charge >= 0.3 is 0 Å². The van der Waals surface area contributed by atoms with E-state index in [4.69, 9.17) is 9.47 Å². The second-order valence-electron chi connectivity index (χ2n) is 6.16. The Morgan fingerprint density at radius 1 is 1.44 bits per heavy atom. The number of likely N-dealkylation sites (tertiary alicyclic amines) is 1. The molecule has 1 amide bonds. The van der Waals surface area contributed by atoms with E-state index in [1.54, 1.807) is 15.8 Å². The lowest BCUT2D eigenvalue weighted by atomic mass is 10.0. The van der Waals surface area contributed by atoms with Gasteiger partial charge in [-0.25, -0.2) is 4.39 Å². The zero-order valence-corrected chi connectivity index (χ0v) is 15.9.